The number of likely N-dealkylation sites (tertiary alicyclic amines) is 1. The van der Waals surface area contributed by atoms with Gasteiger partial charge < -0.3 is 15.3 Å². The minimum atomic E-state index is -0.439. The van der Waals surface area contributed by atoms with Crippen LogP contribution in [0, 0.1) is 11.8 Å². The molecule has 2 aliphatic rings. The lowest BCUT2D eigenvalue weighted by molar-refractivity contribution is -0.128. The number of carbonyl (C=O) groups excluding carboxylic acids is 2. The molecule has 1 saturated carbocycles. The van der Waals surface area contributed by atoms with E-state index in [-0.39, 0.29) is 17.7 Å². The third kappa shape index (κ3) is 3.02. The molecule has 1 aliphatic carbocycles. The summed E-state index contributed by atoms with van der Waals surface area (Å²) in [6, 6.07) is 0. The molecule has 1 heterocycles. The highest BCUT2D eigenvalue weighted by atomic mass is 16.3. The lowest BCUT2D eigenvalue weighted by Crippen LogP contribution is -2.39. The molecule has 0 aromatic heterocycles. The molecule has 0 radical (unpaired) electrons. The van der Waals surface area contributed by atoms with E-state index >= 15 is 0 Å². The standard InChI is InChI=1S/C13H22N2O3/c1-15-8-10(6-12(15)17)13(18)14-7-11(16)9-4-2-3-5-9/h9-11,16H,2-8H2,1H3,(H,14,18). The summed E-state index contributed by atoms with van der Waals surface area (Å²) in [6.45, 7) is 0.808. The van der Waals surface area contributed by atoms with Crippen molar-refractivity contribution in [3.8, 4) is 0 Å². The summed E-state index contributed by atoms with van der Waals surface area (Å²) in [5, 5.41) is 12.7. The van der Waals surface area contributed by atoms with Crippen LogP contribution in [0.15, 0.2) is 0 Å². The van der Waals surface area contributed by atoms with E-state index in [4.69, 9.17) is 0 Å². The molecule has 0 spiro atoms. The molecule has 1 saturated heterocycles. The van der Waals surface area contributed by atoms with E-state index in [2.05, 4.69) is 5.32 Å². The third-order valence-electron chi connectivity index (χ3n) is 4.14. The van der Waals surface area contributed by atoms with E-state index < -0.39 is 6.10 Å². The Labute approximate surface area is 108 Å². The molecule has 2 rings (SSSR count). The van der Waals surface area contributed by atoms with Gasteiger partial charge in [0.15, 0.2) is 0 Å². The zero-order chi connectivity index (χ0) is 13.1. The Balaban J connectivity index is 1.73. The van der Waals surface area contributed by atoms with E-state index in [1.165, 1.54) is 12.8 Å². The Hall–Kier alpha value is -1.10. The first-order chi connectivity index (χ1) is 8.58. The maximum atomic E-state index is 11.9. The summed E-state index contributed by atoms with van der Waals surface area (Å²) < 4.78 is 0. The normalized spacial score (nSPS) is 26.7. The summed E-state index contributed by atoms with van der Waals surface area (Å²) in [4.78, 5) is 24.8. The van der Waals surface area contributed by atoms with Crippen molar-refractivity contribution in [1.82, 2.24) is 10.2 Å². The molecule has 102 valence electrons. The Bertz CT molecular complexity index is 326. The van der Waals surface area contributed by atoms with Crippen molar-refractivity contribution < 1.29 is 14.7 Å². The molecule has 0 bridgehead atoms. The molecule has 1 aliphatic heterocycles. The predicted octanol–water partition coefficient (Wildman–Crippen LogP) is 0.132. The highest BCUT2D eigenvalue weighted by molar-refractivity contribution is 5.89. The van der Waals surface area contributed by atoms with Crippen LogP contribution in [0.3, 0.4) is 0 Å². The van der Waals surface area contributed by atoms with Crippen LogP contribution in [-0.2, 0) is 9.59 Å². The van der Waals surface area contributed by atoms with Crippen LogP contribution in [0.2, 0.25) is 0 Å². The van der Waals surface area contributed by atoms with Gasteiger partial charge in [0.05, 0.1) is 12.0 Å². The summed E-state index contributed by atoms with van der Waals surface area (Å²) in [7, 11) is 1.71. The van der Waals surface area contributed by atoms with Gasteiger partial charge in [-0.05, 0) is 18.8 Å². The van der Waals surface area contributed by atoms with Crippen LogP contribution in [0.4, 0.5) is 0 Å². The van der Waals surface area contributed by atoms with Crippen molar-refractivity contribution in [2.45, 2.75) is 38.2 Å². The van der Waals surface area contributed by atoms with Crippen molar-refractivity contribution in [3.05, 3.63) is 0 Å². The summed E-state index contributed by atoms with van der Waals surface area (Å²) in [6.07, 6.45) is 4.33. The van der Waals surface area contributed by atoms with Crippen LogP contribution in [0.5, 0.6) is 0 Å². The van der Waals surface area contributed by atoms with Gasteiger partial charge >= 0.3 is 0 Å². The van der Waals surface area contributed by atoms with E-state index in [9.17, 15) is 14.7 Å². The number of hydrogen-bond donors (Lipinski definition) is 2. The second-order valence-electron chi connectivity index (χ2n) is 5.53. The van der Waals surface area contributed by atoms with Crippen molar-refractivity contribution in [2.24, 2.45) is 11.8 Å². The van der Waals surface area contributed by atoms with Gasteiger partial charge in [0.25, 0.3) is 0 Å². The van der Waals surface area contributed by atoms with Gasteiger partial charge in [-0.25, -0.2) is 0 Å². The molecule has 5 heteroatoms. The second kappa shape index (κ2) is 5.69. The van der Waals surface area contributed by atoms with Crippen LogP contribution in [0.25, 0.3) is 0 Å². The molecule has 2 atom stereocenters. The van der Waals surface area contributed by atoms with Crippen molar-refractivity contribution >= 4 is 11.8 Å². The molecular formula is C13H22N2O3. The average molecular weight is 254 g/mol. The summed E-state index contributed by atoms with van der Waals surface area (Å²) >= 11 is 0. The lowest BCUT2D eigenvalue weighted by atomic mass is 10.0. The number of nitrogens with zero attached hydrogens (tertiary/aromatic N) is 1. The van der Waals surface area contributed by atoms with Gasteiger partial charge in [-0.15, -0.1) is 0 Å². The van der Waals surface area contributed by atoms with Crippen LogP contribution < -0.4 is 5.32 Å². The number of hydrogen-bond acceptors (Lipinski definition) is 3. The molecule has 2 unspecified atom stereocenters. The van der Waals surface area contributed by atoms with Crippen LogP contribution >= 0.6 is 0 Å². The van der Waals surface area contributed by atoms with Gasteiger partial charge in [-0.3, -0.25) is 9.59 Å². The largest absolute Gasteiger partial charge is 0.391 e. The highest BCUT2D eigenvalue weighted by Crippen LogP contribution is 2.27. The zero-order valence-corrected chi connectivity index (χ0v) is 10.9. The fraction of sp³-hybridized carbons (Fsp3) is 0.846. The number of nitrogens with one attached hydrogen (secondary N) is 1. The quantitative estimate of drug-likeness (QED) is 0.749. The second-order valence-corrected chi connectivity index (χ2v) is 5.53. The molecular weight excluding hydrogens is 232 g/mol. The minimum absolute atomic E-state index is 0.0199. The first kappa shape index (κ1) is 13.3. The molecule has 0 aromatic rings. The topological polar surface area (TPSA) is 69.6 Å². The number of rotatable bonds is 4. The fourth-order valence-electron chi connectivity index (χ4n) is 2.90. The lowest BCUT2D eigenvalue weighted by Gasteiger charge is -2.19. The SMILES string of the molecule is CN1CC(C(=O)NCC(O)C2CCCC2)CC1=O. The maximum Gasteiger partial charge on any atom is 0.225 e. The first-order valence-corrected chi connectivity index (χ1v) is 6.77. The van der Waals surface area contributed by atoms with Gasteiger partial charge in [0.2, 0.25) is 11.8 Å². The molecule has 2 fully saturated rings. The van der Waals surface area contributed by atoms with Crippen molar-refractivity contribution in [2.75, 3.05) is 20.1 Å². The average Bonchev–Trinajstić information content (AvgIpc) is 2.97. The molecule has 0 aromatic carbocycles. The fourth-order valence-corrected chi connectivity index (χ4v) is 2.90. The van der Waals surface area contributed by atoms with E-state index in [0.29, 0.717) is 25.4 Å². The van der Waals surface area contributed by atoms with Gasteiger partial charge in [-0.1, -0.05) is 12.8 Å². The Kier molecular flexibility index (Phi) is 4.22. The molecule has 2 N–H and O–H groups in total. The van der Waals surface area contributed by atoms with E-state index in [1.54, 1.807) is 11.9 Å². The molecule has 5 nitrogen and oxygen atoms in total. The van der Waals surface area contributed by atoms with Crippen LogP contribution in [0.1, 0.15) is 32.1 Å². The highest BCUT2D eigenvalue weighted by Gasteiger charge is 2.32. The Morgan fingerprint density at radius 3 is 2.72 bits per heavy atom. The summed E-state index contributed by atoms with van der Waals surface area (Å²) in [5.74, 6) is -0.00676. The molecule has 18 heavy (non-hydrogen) atoms. The Morgan fingerprint density at radius 2 is 2.17 bits per heavy atom. The van der Waals surface area contributed by atoms with Crippen molar-refractivity contribution in [1.29, 1.82) is 0 Å². The van der Waals surface area contributed by atoms with Crippen molar-refractivity contribution in [3.63, 3.8) is 0 Å². The smallest absolute Gasteiger partial charge is 0.225 e. The third-order valence-corrected chi connectivity index (χ3v) is 4.14. The number of carbonyl (C=O) groups is 2. The maximum absolute atomic E-state index is 11.9. The monoisotopic (exact) mass is 254 g/mol. The first-order valence-electron chi connectivity index (χ1n) is 6.77. The van der Waals surface area contributed by atoms with E-state index in [1.807, 2.05) is 0 Å². The number of amides is 2. The zero-order valence-electron chi connectivity index (χ0n) is 10.9. The van der Waals surface area contributed by atoms with Gasteiger partial charge in [0, 0.05) is 26.6 Å². The molecule has 2 amide bonds. The minimum Gasteiger partial charge on any atom is -0.391 e. The number of aliphatic hydroxyl groups is 1. The van der Waals surface area contributed by atoms with Gasteiger partial charge in [-0.2, -0.15) is 0 Å². The Morgan fingerprint density at radius 1 is 1.50 bits per heavy atom. The predicted molar refractivity (Wildman–Crippen MR) is 66.7 cm³/mol. The van der Waals surface area contributed by atoms with E-state index in [0.717, 1.165) is 12.8 Å². The van der Waals surface area contributed by atoms with Crippen LogP contribution in [-0.4, -0.2) is 48.1 Å². The number of aliphatic hydroxyl groups excluding tert-OH is 1. The summed E-state index contributed by atoms with van der Waals surface area (Å²) in [5.41, 5.74) is 0. The van der Waals surface area contributed by atoms with Gasteiger partial charge in [0.1, 0.15) is 0 Å².